The molecule has 1 amide bonds. The molecule has 0 bridgehead atoms. The van der Waals surface area contributed by atoms with E-state index in [9.17, 15) is 9.35 Å². The lowest BCUT2D eigenvalue weighted by Crippen LogP contribution is -2.42. The highest BCUT2D eigenvalue weighted by molar-refractivity contribution is 7.91. The van der Waals surface area contributed by atoms with E-state index in [1.807, 2.05) is 0 Å². The second-order valence-electron chi connectivity index (χ2n) is 12.7. The summed E-state index contributed by atoms with van der Waals surface area (Å²) in [6, 6.07) is 9.24. The molecule has 3 aliphatic carbocycles. The molecule has 10 heteroatoms. The molecule has 2 aromatic carbocycles. The predicted octanol–water partition coefficient (Wildman–Crippen LogP) is 7.21. The molecule has 43 heavy (non-hydrogen) atoms. The van der Waals surface area contributed by atoms with Crippen LogP contribution in [0.3, 0.4) is 0 Å². The Kier molecular flexibility index (Phi) is 6.47. The Morgan fingerprint density at radius 1 is 1.14 bits per heavy atom. The smallest absolute Gasteiger partial charge is 0.292 e. The van der Waals surface area contributed by atoms with Crippen LogP contribution in [0.4, 0.5) is 9.52 Å². The van der Waals surface area contributed by atoms with Crippen molar-refractivity contribution in [2.24, 2.45) is 5.41 Å². The molecule has 222 valence electrons. The first kappa shape index (κ1) is 27.3. The second-order valence-corrected chi connectivity index (χ2v) is 15.2. The molecule has 8 rings (SSSR count). The van der Waals surface area contributed by atoms with Crippen molar-refractivity contribution in [2.45, 2.75) is 70.0 Å². The monoisotopic (exact) mass is 616 g/mol. The molecule has 1 spiro atoms. The lowest BCUT2D eigenvalue weighted by molar-refractivity contribution is 0.0981. The van der Waals surface area contributed by atoms with Gasteiger partial charge in [-0.15, -0.1) is 0 Å². The largest absolute Gasteiger partial charge is 0.593 e. The van der Waals surface area contributed by atoms with Gasteiger partial charge in [-0.05, 0) is 80.2 Å². The number of hydrogen-bond acceptors (Lipinski definition) is 7. The van der Waals surface area contributed by atoms with Gasteiger partial charge in [0.1, 0.15) is 22.2 Å². The van der Waals surface area contributed by atoms with Crippen LogP contribution < -0.4 is 9.62 Å². The molecule has 1 N–H and O–H groups in total. The van der Waals surface area contributed by atoms with Crippen molar-refractivity contribution in [2.75, 3.05) is 18.0 Å². The number of anilines is 1. The highest BCUT2D eigenvalue weighted by Crippen LogP contribution is 2.56. The topological polar surface area (TPSA) is 94.3 Å². The summed E-state index contributed by atoms with van der Waals surface area (Å²) >= 11 is -0.00721. The quantitative estimate of drug-likeness (QED) is 0.221. The number of carbonyl (C=O) groups excluding carboxylic acids is 1. The van der Waals surface area contributed by atoms with E-state index in [1.165, 1.54) is 45.2 Å². The van der Waals surface area contributed by atoms with Gasteiger partial charge in [-0.1, -0.05) is 40.8 Å². The number of nitrogens with zero attached hydrogens (tertiary/aromatic N) is 3. The number of aromatic nitrogens is 2. The van der Waals surface area contributed by atoms with Crippen LogP contribution >= 0.6 is 11.3 Å². The minimum Gasteiger partial charge on any atom is -0.593 e. The highest BCUT2D eigenvalue weighted by atomic mass is 32.2. The number of rotatable bonds is 7. The molecular formula is C33H33FN4O3S2. The number of benzene rings is 2. The third-order valence-corrected chi connectivity index (χ3v) is 12.0. The lowest BCUT2D eigenvalue weighted by Gasteiger charge is -2.46. The van der Waals surface area contributed by atoms with E-state index in [-0.39, 0.29) is 21.7 Å². The summed E-state index contributed by atoms with van der Waals surface area (Å²) in [4.78, 5) is 19.5. The molecule has 2 saturated carbocycles. The molecule has 1 aliphatic heterocycles. The highest BCUT2D eigenvalue weighted by Gasteiger charge is 2.44. The number of allylic oxidation sites excluding steroid dienone is 2. The predicted molar refractivity (Wildman–Crippen MR) is 168 cm³/mol. The Bertz CT molecular complexity index is 1780. The summed E-state index contributed by atoms with van der Waals surface area (Å²) in [6.45, 7) is 5.96. The zero-order valence-electron chi connectivity index (χ0n) is 24.2. The normalized spacial score (nSPS) is 20.3. The third-order valence-electron chi connectivity index (χ3n) is 9.48. The summed E-state index contributed by atoms with van der Waals surface area (Å²) in [5, 5.41) is 5.42. The zero-order chi connectivity index (χ0) is 29.5. The molecule has 3 heterocycles. The molecule has 2 aromatic heterocycles. The molecule has 7 nitrogen and oxygen atoms in total. The van der Waals surface area contributed by atoms with Crippen LogP contribution in [0.2, 0.25) is 0 Å². The van der Waals surface area contributed by atoms with E-state index in [0.29, 0.717) is 10.6 Å². The number of thiazole rings is 1. The first-order chi connectivity index (χ1) is 20.8. The van der Waals surface area contributed by atoms with Gasteiger partial charge in [0.15, 0.2) is 10.9 Å². The lowest BCUT2D eigenvalue weighted by atomic mass is 9.63. The summed E-state index contributed by atoms with van der Waals surface area (Å²) in [7, 11) is 0. The molecule has 3 fully saturated rings. The number of carbonyl (C=O) groups is 1. The van der Waals surface area contributed by atoms with Crippen molar-refractivity contribution in [3.05, 3.63) is 70.2 Å². The van der Waals surface area contributed by atoms with Crippen LogP contribution in [0.15, 0.2) is 40.9 Å². The van der Waals surface area contributed by atoms with Gasteiger partial charge in [0.05, 0.1) is 16.1 Å². The van der Waals surface area contributed by atoms with E-state index in [4.69, 9.17) is 4.52 Å². The van der Waals surface area contributed by atoms with Crippen molar-refractivity contribution in [1.82, 2.24) is 14.9 Å². The Labute approximate surface area is 256 Å². The molecule has 4 aromatic rings. The van der Waals surface area contributed by atoms with Gasteiger partial charge in [0, 0.05) is 48.5 Å². The van der Waals surface area contributed by atoms with Gasteiger partial charge in [0.2, 0.25) is 0 Å². The maximum Gasteiger partial charge on any atom is 0.292 e. The van der Waals surface area contributed by atoms with Crippen LogP contribution in [0.5, 0.6) is 0 Å². The van der Waals surface area contributed by atoms with Crippen molar-refractivity contribution in [1.29, 1.82) is 0 Å². The molecule has 1 atom stereocenters. The van der Waals surface area contributed by atoms with Gasteiger partial charge in [-0.3, -0.25) is 4.79 Å². The number of hydrogen-bond donors (Lipinski definition) is 1. The first-order valence-corrected chi connectivity index (χ1v) is 17.2. The van der Waals surface area contributed by atoms with E-state index in [0.717, 1.165) is 74.6 Å². The standard InChI is InChI=1S/C33H33FN4O3S2/c1-18-4-3-5-19(2)26(18)29-27(30(41-36-29)20-6-7-20)22-16-33(17-22)10-12-38(13-11-33)32-35-28-24(34)14-21(15-25(28)42-32)31(39)37-43(40)23-8-9-23/h3-5,14-16,20,23H,6-13,17H2,1-2H3,(H,37,39). The Hall–Kier alpha value is -3.21. The van der Waals surface area contributed by atoms with Crippen LogP contribution in [0.1, 0.15) is 83.7 Å². The number of nitrogens with one attached hydrogen (secondary N) is 1. The molecular weight excluding hydrogens is 584 g/mol. The van der Waals surface area contributed by atoms with Crippen LogP contribution in [-0.4, -0.2) is 38.9 Å². The fraction of sp³-hybridized carbons (Fsp3) is 0.424. The van der Waals surface area contributed by atoms with Crippen molar-refractivity contribution in [3.8, 4) is 11.3 Å². The van der Waals surface area contributed by atoms with Crippen LogP contribution in [0.25, 0.3) is 27.0 Å². The number of piperidine rings is 1. The molecule has 1 unspecified atom stereocenters. The van der Waals surface area contributed by atoms with E-state index in [2.05, 4.69) is 57.9 Å². The van der Waals surface area contributed by atoms with Gasteiger partial charge in [-0.2, -0.15) is 4.72 Å². The fourth-order valence-electron chi connectivity index (χ4n) is 6.70. The van der Waals surface area contributed by atoms with Crippen molar-refractivity contribution >= 4 is 49.5 Å². The van der Waals surface area contributed by atoms with Crippen molar-refractivity contribution < 1.29 is 18.3 Å². The second kappa shape index (κ2) is 10.2. The summed E-state index contributed by atoms with van der Waals surface area (Å²) in [5.41, 5.74) is 7.78. The zero-order valence-corrected chi connectivity index (χ0v) is 25.9. The average molecular weight is 617 g/mol. The minimum atomic E-state index is -1.42. The third kappa shape index (κ3) is 4.87. The average Bonchev–Trinajstić information content (AvgIpc) is 3.91. The Morgan fingerprint density at radius 2 is 1.86 bits per heavy atom. The minimum absolute atomic E-state index is 0.0208. The summed E-state index contributed by atoms with van der Waals surface area (Å²) in [5.74, 6) is 0.500. The molecule has 4 aliphatic rings. The summed E-state index contributed by atoms with van der Waals surface area (Å²) in [6.07, 6.45) is 9.50. The van der Waals surface area contributed by atoms with E-state index >= 15 is 4.39 Å². The van der Waals surface area contributed by atoms with Crippen molar-refractivity contribution in [3.63, 3.8) is 0 Å². The van der Waals surface area contributed by atoms with E-state index in [1.54, 1.807) is 6.07 Å². The number of fused-ring (bicyclic) bond motifs is 1. The maximum absolute atomic E-state index is 15.0. The SMILES string of the molecule is Cc1cccc(C)c1-c1noc(C2CC2)c1C1=CC2(CCN(c3nc4c(F)cc(C(=O)N[S+]([O-])C5CC5)cc4s3)CC2)C1. The number of halogens is 1. The number of amides is 1. The van der Waals surface area contributed by atoms with Gasteiger partial charge >= 0.3 is 0 Å². The van der Waals surface area contributed by atoms with Crippen LogP contribution in [-0.2, 0) is 11.4 Å². The molecule has 1 saturated heterocycles. The maximum atomic E-state index is 15.0. The Morgan fingerprint density at radius 3 is 2.53 bits per heavy atom. The number of aryl methyl sites for hydroxylation is 2. The summed E-state index contributed by atoms with van der Waals surface area (Å²) < 4.78 is 36.3. The van der Waals surface area contributed by atoms with Gasteiger partial charge in [-0.25, -0.2) is 9.37 Å². The van der Waals surface area contributed by atoms with Gasteiger partial charge in [0.25, 0.3) is 5.91 Å². The molecule has 0 radical (unpaired) electrons. The fourth-order valence-corrected chi connectivity index (χ4v) is 8.80. The Balaban J connectivity index is 1.00. The van der Waals surface area contributed by atoms with E-state index < -0.39 is 23.1 Å². The van der Waals surface area contributed by atoms with Gasteiger partial charge < -0.3 is 14.0 Å². The van der Waals surface area contributed by atoms with Crippen LogP contribution in [0, 0.1) is 25.1 Å². The first-order valence-electron chi connectivity index (χ1n) is 15.1.